The van der Waals surface area contributed by atoms with E-state index in [0.29, 0.717) is 12.3 Å². The van der Waals surface area contributed by atoms with Crippen LogP contribution in [-0.2, 0) is 0 Å². The molecular weight excluding hydrogens is 190 g/mol. The summed E-state index contributed by atoms with van der Waals surface area (Å²) in [7, 11) is 0. The molecule has 1 atom stereocenters. The third-order valence-electron chi connectivity index (χ3n) is 2.87. The van der Waals surface area contributed by atoms with Crippen LogP contribution in [0.3, 0.4) is 0 Å². The molecule has 0 aliphatic carbocycles. The minimum atomic E-state index is -0.254. The van der Waals surface area contributed by atoms with Crippen molar-refractivity contribution in [2.45, 2.75) is 31.8 Å². The SMILES string of the molecule is CC1(C)CC(CN)c2cccc(O)c2O1. The maximum atomic E-state index is 9.74. The number of aromatic hydroxyl groups is 1. The first kappa shape index (κ1) is 10.3. The van der Waals surface area contributed by atoms with Gasteiger partial charge >= 0.3 is 0 Å². The van der Waals surface area contributed by atoms with Crippen LogP contribution < -0.4 is 10.5 Å². The predicted molar refractivity (Wildman–Crippen MR) is 59.2 cm³/mol. The number of rotatable bonds is 1. The van der Waals surface area contributed by atoms with Crippen molar-refractivity contribution in [2.24, 2.45) is 5.73 Å². The van der Waals surface area contributed by atoms with Crippen molar-refractivity contribution >= 4 is 0 Å². The summed E-state index contributed by atoms with van der Waals surface area (Å²) < 4.78 is 5.78. The van der Waals surface area contributed by atoms with Crippen molar-refractivity contribution < 1.29 is 9.84 Å². The minimum absolute atomic E-state index is 0.207. The lowest BCUT2D eigenvalue weighted by Crippen LogP contribution is -2.36. The van der Waals surface area contributed by atoms with Gasteiger partial charge in [-0.05, 0) is 32.9 Å². The second-order valence-electron chi connectivity index (χ2n) is 4.69. The van der Waals surface area contributed by atoms with Gasteiger partial charge in [-0.2, -0.15) is 0 Å². The molecule has 1 aromatic rings. The van der Waals surface area contributed by atoms with E-state index in [4.69, 9.17) is 10.5 Å². The van der Waals surface area contributed by atoms with Gasteiger partial charge in [0.25, 0.3) is 0 Å². The number of nitrogens with two attached hydrogens (primary N) is 1. The normalized spacial score (nSPS) is 23.0. The molecule has 0 fully saturated rings. The van der Waals surface area contributed by atoms with E-state index in [1.54, 1.807) is 6.07 Å². The van der Waals surface area contributed by atoms with Crippen LogP contribution in [0, 0.1) is 0 Å². The second-order valence-corrected chi connectivity index (χ2v) is 4.69. The molecule has 3 nitrogen and oxygen atoms in total. The van der Waals surface area contributed by atoms with Gasteiger partial charge in [0, 0.05) is 11.5 Å². The van der Waals surface area contributed by atoms with Crippen LogP contribution in [0.4, 0.5) is 0 Å². The molecule has 0 bridgehead atoms. The van der Waals surface area contributed by atoms with Crippen molar-refractivity contribution in [3.05, 3.63) is 23.8 Å². The Bertz CT molecular complexity index is 374. The molecule has 0 saturated heterocycles. The Morgan fingerprint density at radius 2 is 2.27 bits per heavy atom. The zero-order chi connectivity index (χ0) is 11.1. The average molecular weight is 207 g/mol. The molecule has 1 heterocycles. The lowest BCUT2D eigenvalue weighted by molar-refractivity contribution is 0.0693. The third kappa shape index (κ3) is 1.79. The van der Waals surface area contributed by atoms with Gasteiger partial charge in [0.2, 0.25) is 0 Å². The molecule has 1 aliphatic heterocycles. The fourth-order valence-electron chi connectivity index (χ4n) is 2.21. The van der Waals surface area contributed by atoms with E-state index in [-0.39, 0.29) is 17.3 Å². The molecule has 2 rings (SSSR count). The van der Waals surface area contributed by atoms with Gasteiger partial charge in [-0.1, -0.05) is 12.1 Å². The van der Waals surface area contributed by atoms with Crippen LogP contribution in [0.1, 0.15) is 31.7 Å². The first-order chi connectivity index (χ1) is 7.03. The molecule has 0 amide bonds. The van der Waals surface area contributed by atoms with Crippen LogP contribution in [0.2, 0.25) is 0 Å². The highest BCUT2D eigenvalue weighted by Crippen LogP contribution is 2.44. The van der Waals surface area contributed by atoms with Gasteiger partial charge in [-0.25, -0.2) is 0 Å². The Morgan fingerprint density at radius 1 is 1.53 bits per heavy atom. The number of hydrogen-bond acceptors (Lipinski definition) is 3. The number of ether oxygens (including phenoxy) is 1. The largest absolute Gasteiger partial charge is 0.504 e. The zero-order valence-electron chi connectivity index (χ0n) is 9.16. The van der Waals surface area contributed by atoms with E-state index in [2.05, 4.69) is 0 Å². The maximum Gasteiger partial charge on any atom is 0.165 e. The van der Waals surface area contributed by atoms with Crippen LogP contribution in [0.5, 0.6) is 11.5 Å². The standard InChI is InChI=1S/C12H17NO2/c1-12(2)6-8(7-13)9-4-3-5-10(14)11(9)15-12/h3-5,8,14H,6-7,13H2,1-2H3. The lowest BCUT2D eigenvalue weighted by atomic mass is 9.84. The Morgan fingerprint density at radius 3 is 2.93 bits per heavy atom. The van der Waals surface area contributed by atoms with Gasteiger partial charge in [-0.15, -0.1) is 0 Å². The molecule has 1 aliphatic rings. The van der Waals surface area contributed by atoms with Crippen molar-refractivity contribution in [2.75, 3.05) is 6.54 Å². The highest BCUT2D eigenvalue weighted by molar-refractivity contribution is 5.49. The molecule has 0 spiro atoms. The van der Waals surface area contributed by atoms with Crippen molar-refractivity contribution in [3.63, 3.8) is 0 Å². The summed E-state index contributed by atoms with van der Waals surface area (Å²) >= 11 is 0. The van der Waals surface area contributed by atoms with Crippen LogP contribution >= 0.6 is 0 Å². The Kier molecular flexibility index (Phi) is 2.35. The first-order valence-corrected chi connectivity index (χ1v) is 5.24. The van der Waals surface area contributed by atoms with Crippen molar-refractivity contribution in [3.8, 4) is 11.5 Å². The monoisotopic (exact) mass is 207 g/mol. The zero-order valence-corrected chi connectivity index (χ0v) is 9.16. The molecule has 3 N–H and O–H groups in total. The van der Waals surface area contributed by atoms with Crippen LogP contribution in [-0.4, -0.2) is 17.3 Å². The van der Waals surface area contributed by atoms with Gasteiger partial charge in [0.05, 0.1) is 0 Å². The highest BCUT2D eigenvalue weighted by Gasteiger charge is 2.34. The third-order valence-corrected chi connectivity index (χ3v) is 2.87. The summed E-state index contributed by atoms with van der Waals surface area (Å²) in [5.41, 5.74) is 6.52. The molecule has 3 heteroatoms. The van der Waals surface area contributed by atoms with Gasteiger partial charge in [0.1, 0.15) is 5.60 Å². The number of hydrogen-bond donors (Lipinski definition) is 2. The number of para-hydroxylation sites is 1. The lowest BCUT2D eigenvalue weighted by Gasteiger charge is -2.37. The fraction of sp³-hybridized carbons (Fsp3) is 0.500. The van der Waals surface area contributed by atoms with E-state index in [1.165, 1.54) is 0 Å². The molecule has 82 valence electrons. The molecule has 0 radical (unpaired) electrons. The van der Waals surface area contributed by atoms with E-state index in [9.17, 15) is 5.11 Å². The summed E-state index contributed by atoms with van der Waals surface area (Å²) in [6, 6.07) is 5.45. The van der Waals surface area contributed by atoms with Crippen molar-refractivity contribution in [1.29, 1.82) is 0 Å². The van der Waals surface area contributed by atoms with Crippen molar-refractivity contribution in [1.82, 2.24) is 0 Å². The topological polar surface area (TPSA) is 55.5 Å². The molecule has 0 saturated carbocycles. The van der Waals surface area contributed by atoms with E-state index < -0.39 is 0 Å². The highest BCUT2D eigenvalue weighted by atomic mass is 16.5. The second kappa shape index (κ2) is 3.42. The predicted octanol–water partition coefficient (Wildman–Crippen LogP) is 2.00. The molecule has 15 heavy (non-hydrogen) atoms. The average Bonchev–Trinajstić information content (AvgIpc) is 2.17. The molecular formula is C12H17NO2. The van der Waals surface area contributed by atoms with Gasteiger partial charge < -0.3 is 15.6 Å². The van der Waals surface area contributed by atoms with Crippen LogP contribution in [0.25, 0.3) is 0 Å². The molecule has 1 aromatic carbocycles. The number of phenolic OH excluding ortho intramolecular Hbond substituents is 1. The number of phenols is 1. The summed E-state index contributed by atoms with van der Waals surface area (Å²) in [6.45, 7) is 4.62. The maximum absolute atomic E-state index is 9.74. The molecule has 0 aromatic heterocycles. The Hall–Kier alpha value is -1.22. The summed E-state index contributed by atoms with van der Waals surface area (Å²) in [5.74, 6) is 1.08. The Balaban J connectivity index is 2.49. The van der Waals surface area contributed by atoms with Crippen LogP contribution in [0.15, 0.2) is 18.2 Å². The smallest absolute Gasteiger partial charge is 0.165 e. The summed E-state index contributed by atoms with van der Waals surface area (Å²) in [6.07, 6.45) is 0.889. The van der Waals surface area contributed by atoms with Gasteiger partial charge in [0.15, 0.2) is 11.5 Å². The van der Waals surface area contributed by atoms with Gasteiger partial charge in [-0.3, -0.25) is 0 Å². The number of benzene rings is 1. The summed E-state index contributed by atoms with van der Waals surface area (Å²) in [4.78, 5) is 0. The minimum Gasteiger partial charge on any atom is -0.504 e. The Labute approximate surface area is 89.9 Å². The quantitative estimate of drug-likeness (QED) is 0.740. The summed E-state index contributed by atoms with van der Waals surface area (Å²) in [5, 5.41) is 9.74. The van der Waals surface area contributed by atoms with E-state index in [1.807, 2.05) is 26.0 Å². The fourth-order valence-corrected chi connectivity index (χ4v) is 2.21. The van der Waals surface area contributed by atoms with E-state index >= 15 is 0 Å². The van der Waals surface area contributed by atoms with E-state index in [0.717, 1.165) is 12.0 Å². The molecule has 1 unspecified atom stereocenters. The number of fused-ring (bicyclic) bond motifs is 1. The first-order valence-electron chi connectivity index (χ1n) is 5.24.